The van der Waals surface area contributed by atoms with Gasteiger partial charge in [-0.1, -0.05) is 0 Å². The summed E-state index contributed by atoms with van der Waals surface area (Å²) in [5, 5.41) is 11.3. The van der Waals surface area contributed by atoms with Crippen molar-refractivity contribution in [3.05, 3.63) is 29.7 Å². The van der Waals surface area contributed by atoms with Gasteiger partial charge in [-0.25, -0.2) is 0 Å². The molecular formula is C7H6N4OS. The van der Waals surface area contributed by atoms with E-state index in [4.69, 9.17) is 5.73 Å². The lowest BCUT2D eigenvalue weighted by atomic mass is 10.3. The second-order valence-electron chi connectivity index (χ2n) is 2.41. The maximum atomic E-state index is 10.9. The summed E-state index contributed by atoms with van der Waals surface area (Å²) >= 11 is 1.11. The smallest absolute Gasteiger partial charge is 0.200 e. The van der Waals surface area contributed by atoms with E-state index in [0.29, 0.717) is 21.2 Å². The van der Waals surface area contributed by atoms with E-state index < -0.39 is 0 Å². The normalized spacial score (nSPS) is 10.2. The van der Waals surface area contributed by atoms with Crippen LogP contribution in [0.4, 0.5) is 5.13 Å². The highest BCUT2D eigenvalue weighted by molar-refractivity contribution is 7.09. The number of hydrogen-bond donors (Lipinski definition) is 1. The van der Waals surface area contributed by atoms with E-state index in [-0.39, 0.29) is 0 Å². The van der Waals surface area contributed by atoms with Crippen molar-refractivity contribution >= 4 is 16.7 Å². The summed E-state index contributed by atoms with van der Waals surface area (Å²) in [5.41, 5.74) is 6.09. The minimum Gasteiger partial charge on any atom is -0.619 e. The van der Waals surface area contributed by atoms with Crippen molar-refractivity contribution in [2.45, 2.75) is 0 Å². The fourth-order valence-electron chi connectivity index (χ4n) is 0.939. The molecule has 0 spiro atoms. The first kappa shape index (κ1) is 7.93. The molecule has 0 unspecified atom stereocenters. The van der Waals surface area contributed by atoms with Crippen LogP contribution in [0, 0.1) is 5.21 Å². The average molecular weight is 194 g/mol. The van der Waals surface area contributed by atoms with Gasteiger partial charge in [-0.15, -0.1) is 0 Å². The third-order valence-corrected chi connectivity index (χ3v) is 2.02. The molecule has 13 heavy (non-hydrogen) atoms. The van der Waals surface area contributed by atoms with E-state index in [1.54, 1.807) is 12.1 Å². The quantitative estimate of drug-likeness (QED) is 0.527. The van der Waals surface area contributed by atoms with Gasteiger partial charge in [-0.05, 0) is 6.07 Å². The summed E-state index contributed by atoms with van der Waals surface area (Å²) in [6, 6.07) is 3.40. The number of pyridine rings is 1. The molecule has 0 aliphatic carbocycles. The van der Waals surface area contributed by atoms with E-state index in [2.05, 4.69) is 9.36 Å². The van der Waals surface area contributed by atoms with Gasteiger partial charge in [0, 0.05) is 17.6 Å². The number of rotatable bonds is 1. The molecule has 0 aliphatic rings. The SMILES string of the molecule is Nc1nc(-c2ccc[n+]([O-])c2)ns1. The van der Waals surface area contributed by atoms with Gasteiger partial charge >= 0.3 is 0 Å². The predicted molar refractivity (Wildman–Crippen MR) is 48.7 cm³/mol. The molecule has 0 bridgehead atoms. The zero-order valence-corrected chi connectivity index (χ0v) is 7.36. The fourth-order valence-corrected chi connectivity index (χ4v) is 1.39. The van der Waals surface area contributed by atoms with E-state index in [1.165, 1.54) is 12.4 Å². The summed E-state index contributed by atoms with van der Waals surface area (Å²) in [6.45, 7) is 0. The Labute approximate surface area is 78.2 Å². The first-order chi connectivity index (χ1) is 6.25. The molecule has 0 amide bonds. The second kappa shape index (κ2) is 2.98. The summed E-state index contributed by atoms with van der Waals surface area (Å²) in [6.07, 6.45) is 2.81. The molecule has 0 aromatic carbocycles. The van der Waals surface area contributed by atoms with E-state index >= 15 is 0 Å². The highest BCUT2D eigenvalue weighted by Gasteiger charge is 2.06. The zero-order chi connectivity index (χ0) is 9.26. The molecule has 2 heterocycles. The molecule has 0 atom stereocenters. The largest absolute Gasteiger partial charge is 0.619 e. The molecule has 0 fully saturated rings. The monoisotopic (exact) mass is 194 g/mol. The summed E-state index contributed by atoms with van der Waals surface area (Å²) in [5.74, 6) is 0.493. The van der Waals surface area contributed by atoms with Gasteiger partial charge in [0.05, 0.1) is 5.56 Å². The Morgan fingerprint density at radius 3 is 3.00 bits per heavy atom. The maximum Gasteiger partial charge on any atom is 0.200 e. The molecule has 66 valence electrons. The number of hydrogen-bond acceptors (Lipinski definition) is 5. The second-order valence-corrected chi connectivity index (χ2v) is 3.19. The molecule has 0 saturated carbocycles. The van der Waals surface area contributed by atoms with Crippen molar-refractivity contribution in [1.82, 2.24) is 9.36 Å². The highest BCUT2D eigenvalue weighted by Crippen LogP contribution is 2.16. The van der Waals surface area contributed by atoms with E-state index in [0.717, 1.165) is 11.5 Å². The third kappa shape index (κ3) is 1.57. The van der Waals surface area contributed by atoms with Crippen LogP contribution in [-0.4, -0.2) is 9.36 Å². The summed E-state index contributed by atoms with van der Waals surface area (Å²) in [7, 11) is 0. The standard InChI is InChI=1S/C7H6N4OS/c8-7-9-6(10-13-7)5-2-1-3-11(12)4-5/h1-4H,(H2,8,9,10). The Kier molecular flexibility index (Phi) is 1.82. The Bertz CT molecular complexity index is 428. The molecule has 2 aromatic rings. The van der Waals surface area contributed by atoms with Gasteiger partial charge in [0.2, 0.25) is 0 Å². The van der Waals surface area contributed by atoms with Crippen LogP contribution in [0.3, 0.4) is 0 Å². The molecule has 0 radical (unpaired) electrons. The van der Waals surface area contributed by atoms with Crippen LogP contribution in [0.1, 0.15) is 0 Å². The third-order valence-electron chi connectivity index (χ3n) is 1.48. The minimum absolute atomic E-state index is 0.399. The van der Waals surface area contributed by atoms with Crippen molar-refractivity contribution in [2.24, 2.45) is 0 Å². The lowest BCUT2D eigenvalue weighted by molar-refractivity contribution is -0.604. The van der Waals surface area contributed by atoms with E-state index in [9.17, 15) is 5.21 Å². The van der Waals surface area contributed by atoms with Gasteiger partial charge in [0.1, 0.15) is 0 Å². The van der Waals surface area contributed by atoms with Crippen LogP contribution < -0.4 is 10.5 Å². The number of nitrogens with zero attached hydrogens (tertiary/aromatic N) is 3. The molecular weight excluding hydrogens is 188 g/mol. The predicted octanol–water partition coefficient (Wildman–Crippen LogP) is 0.421. The van der Waals surface area contributed by atoms with Crippen LogP contribution in [0.5, 0.6) is 0 Å². The Morgan fingerprint density at radius 2 is 2.38 bits per heavy atom. The van der Waals surface area contributed by atoms with Crippen molar-refractivity contribution in [3.8, 4) is 11.4 Å². The van der Waals surface area contributed by atoms with Crippen molar-refractivity contribution < 1.29 is 4.73 Å². The van der Waals surface area contributed by atoms with Crippen LogP contribution in [0.2, 0.25) is 0 Å². The lowest BCUT2D eigenvalue weighted by Gasteiger charge is -1.95. The molecule has 2 aromatic heterocycles. The maximum absolute atomic E-state index is 10.9. The van der Waals surface area contributed by atoms with Gasteiger partial charge in [0.25, 0.3) is 0 Å². The van der Waals surface area contributed by atoms with Crippen molar-refractivity contribution in [2.75, 3.05) is 5.73 Å². The first-order valence-electron chi connectivity index (χ1n) is 3.54. The average Bonchev–Trinajstić information content (AvgIpc) is 2.52. The fraction of sp³-hybridized carbons (Fsp3) is 0. The molecule has 0 aliphatic heterocycles. The number of nitrogen functional groups attached to an aromatic ring is 1. The molecule has 2 rings (SSSR count). The first-order valence-corrected chi connectivity index (χ1v) is 4.31. The minimum atomic E-state index is 0.399. The van der Waals surface area contributed by atoms with Gasteiger partial charge in [-0.2, -0.15) is 14.1 Å². The van der Waals surface area contributed by atoms with Crippen molar-refractivity contribution in [3.63, 3.8) is 0 Å². The molecule has 0 saturated heterocycles. The molecule has 5 nitrogen and oxygen atoms in total. The Balaban J connectivity index is 2.46. The zero-order valence-electron chi connectivity index (χ0n) is 6.54. The topological polar surface area (TPSA) is 78.7 Å². The Hall–Kier alpha value is -1.69. The summed E-state index contributed by atoms with van der Waals surface area (Å²) in [4.78, 5) is 3.96. The van der Waals surface area contributed by atoms with Crippen LogP contribution >= 0.6 is 11.5 Å². The lowest BCUT2D eigenvalue weighted by Crippen LogP contribution is -2.24. The van der Waals surface area contributed by atoms with Crippen LogP contribution in [0.15, 0.2) is 24.5 Å². The number of aromatic nitrogens is 3. The van der Waals surface area contributed by atoms with Crippen molar-refractivity contribution in [1.29, 1.82) is 0 Å². The Morgan fingerprint density at radius 1 is 1.54 bits per heavy atom. The van der Waals surface area contributed by atoms with Crippen LogP contribution in [-0.2, 0) is 0 Å². The number of anilines is 1. The summed E-state index contributed by atoms with van der Waals surface area (Å²) < 4.78 is 4.68. The molecule has 2 N–H and O–H groups in total. The van der Waals surface area contributed by atoms with E-state index in [1.807, 2.05) is 0 Å². The highest BCUT2D eigenvalue weighted by atomic mass is 32.1. The molecule has 6 heteroatoms. The van der Waals surface area contributed by atoms with Crippen LogP contribution in [0.25, 0.3) is 11.4 Å². The van der Waals surface area contributed by atoms with Gasteiger partial charge < -0.3 is 10.9 Å². The van der Waals surface area contributed by atoms with Gasteiger partial charge in [0.15, 0.2) is 23.3 Å². The number of nitrogens with two attached hydrogens (primary N) is 1. The van der Waals surface area contributed by atoms with Gasteiger partial charge in [-0.3, -0.25) is 0 Å².